The minimum Gasteiger partial charge on any atom is -0.495 e. The van der Waals surface area contributed by atoms with Crippen LogP contribution in [-0.4, -0.2) is 34.5 Å². The molecule has 27 heavy (non-hydrogen) atoms. The zero-order chi connectivity index (χ0) is 19.9. The first-order valence-corrected chi connectivity index (χ1v) is 10.3. The van der Waals surface area contributed by atoms with Crippen LogP contribution in [0.4, 0.5) is 0 Å². The Hall–Kier alpha value is -2.38. The number of carbonyl (C=O) groups is 1. The summed E-state index contributed by atoms with van der Waals surface area (Å²) in [6, 6.07) is 13.2. The highest BCUT2D eigenvalue weighted by Crippen LogP contribution is 2.27. The normalized spacial score (nSPS) is 11.2. The van der Waals surface area contributed by atoms with E-state index in [1.807, 2.05) is 44.2 Å². The van der Waals surface area contributed by atoms with Gasteiger partial charge in [0.25, 0.3) is 0 Å². The minimum atomic E-state index is -3.85. The van der Waals surface area contributed by atoms with Gasteiger partial charge in [0.2, 0.25) is 15.9 Å². The van der Waals surface area contributed by atoms with Crippen molar-refractivity contribution < 1.29 is 17.9 Å². The van der Waals surface area contributed by atoms with Gasteiger partial charge in [0.1, 0.15) is 10.6 Å². The molecule has 0 heterocycles. The fourth-order valence-electron chi connectivity index (χ4n) is 2.60. The van der Waals surface area contributed by atoms with Crippen LogP contribution in [0.25, 0.3) is 0 Å². The van der Waals surface area contributed by atoms with Gasteiger partial charge < -0.3 is 10.1 Å². The third-order valence-electron chi connectivity index (χ3n) is 4.30. The number of sulfonamides is 1. The fourth-order valence-corrected chi connectivity index (χ4v) is 3.81. The lowest BCUT2D eigenvalue weighted by Gasteiger charge is -2.13. The van der Waals surface area contributed by atoms with Gasteiger partial charge in [0.05, 0.1) is 13.7 Å². The Morgan fingerprint density at radius 2 is 1.74 bits per heavy atom. The van der Waals surface area contributed by atoms with Crippen LogP contribution in [0.3, 0.4) is 0 Å². The van der Waals surface area contributed by atoms with Crippen molar-refractivity contribution in [2.75, 3.05) is 20.2 Å². The Kier molecular flexibility index (Phi) is 7.38. The van der Waals surface area contributed by atoms with Crippen molar-refractivity contribution in [3.8, 4) is 5.75 Å². The zero-order valence-electron chi connectivity index (χ0n) is 15.9. The maximum atomic E-state index is 12.5. The lowest BCUT2D eigenvalue weighted by molar-refractivity contribution is -0.119. The molecular weight excluding hydrogens is 364 g/mol. The highest BCUT2D eigenvalue weighted by molar-refractivity contribution is 7.89. The largest absolute Gasteiger partial charge is 0.495 e. The molecule has 0 saturated carbocycles. The van der Waals surface area contributed by atoms with Gasteiger partial charge in [0, 0.05) is 6.54 Å². The van der Waals surface area contributed by atoms with E-state index in [2.05, 4.69) is 10.0 Å². The minimum absolute atomic E-state index is 0.0324. The summed E-state index contributed by atoms with van der Waals surface area (Å²) in [5.41, 5.74) is 2.97. The number of amides is 1. The van der Waals surface area contributed by atoms with Crippen LogP contribution >= 0.6 is 0 Å². The summed E-state index contributed by atoms with van der Waals surface area (Å²) < 4.78 is 32.6. The van der Waals surface area contributed by atoms with E-state index in [0.29, 0.717) is 6.54 Å². The standard InChI is InChI=1S/C20H26N2O4S/c1-15-12-18(26-3)19(13-16(15)2)27(24,25)22-14-20(23)21-11-7-10-17-8-5-4-6-9-17/h4-6,8-9,12-13,22H,7,10-11,14H2,1-3H3,(H,21,23). The first-order chi connectivity index (χ1) is 12.8. The molecule has 7 heteroatoms. The second kappa shape index (κ2) is 9.53. The Morgan fingerprint density at radius 1 is 1.07 bits per heavy atom. The maximum absolute atomic E-state index is 12.5. The van der Waals surface area contributed by atoms with Crippen LogP contribution in [0.1, 0.15) is 23.1 Å². The number of ether oxygens (including phenoxy) is 1. The van der Waals surface area contributed by atoms with Gasteiger partial charge in [-0.1, -0.05) is 30.3 Å². The van der Waals surface area contributed by atoms with Gasteiger partial charge in [-0.2, -0.15) is 0 Å². The molecule has 0 atom stereocenters. The van der Waals surface area contributed by atoms with Gasteiger partial charge in [-0.25, -0.2) is 13.1 Å². The topological polar surface area (TPSA) is 84.5 Å². The highest BCUT2D eigenvalue weighted by atomic mass is 32.2. The monoisotopic (exact) mass is 390 g/mol. The molecule has 0 radical (unpaired) electrons. The molecule has 0 aliphatic heterocycles. The van der Waals surface area contributed by atoms with E-state index in [4.69, 9.17) is 4.74 Å². The number of hydrogen-bond acceptors (Lipinski definition) is 4. The molecule has 2 rings (SSSR count). The van der Waals surface area contributed by atoms with E-state index >= 15 is 0 Å². The molecule has 2 N–H and O–H groups in total. The van der Waals surface area contributed by atoms with Crippen molar-refractivity contribution in [1.82, 2.24) is 10.0 Å². The SMILES string of the molecule is COc1cc(C)c(C)cc1S(=O)(=O)NCC(=O)NCCCc1ccccc1. The summed E-state index contributed by atoms with van der Waals surface area (Å²) in [4.78, 5) is 12.0. The Bertz CT molecular complexity index is 880. The predicted molar refractivity (Wildman–Crippen MR) is 105 cm³/mol. The van der Waals surface area contributed by atoms with Crippen LogP contribution in [0.15, 0.2) is 47.4 Å². The van der Waals surface area contributed by atoms with Crippen molar-refractivity contribution in [3.63, 3.8) is 0 Å². The van der Waals surface area contributed by atoms with E-state index in [-0.39, 0.29) is 23.1 Å². The van der Waals surface area contributed by atoms with Crippen molar-refractivity contribution in [2.24, 2.45) is 0 Å². The first kappa shape index (κ1) is 20.9. The maximum Gasteiger partial charge on any atom is 0.244 e. The van der Waals surface area contributed by atoms with Crippen molar-refractivity contribution in [1.29, 1.82) is 0 Å². The summed E-state index contributed by atoms with van der Waals surface area (Å²) in [6.07, 6.45) is 1.64. The number of aryl methyl sites for hydroxylation is 3. The Labute approximate surface area is 161 Å². The molecule has 0 unspecified atom stereocenters. The molecule has 0 spiro atoms. The molecule has 0 bridgehead atoms. The summed E-state index contributed by atoms with van der Waals surface area (Å²) >= 11 is 0. The van der Waals surface area contributed by atoms with Crippen LogP contribution < -0.4 is 14.8 Å². The fraction of sp³-hybridized carbons (Fsp3) is 0.350. The second-order valence-corrected chi connectivity index (χ2v) is 8.09. The van der Waals surface area contributed by atoms with Crippen LogP contribution in [0.5, 0.6) is 5.75 Å². The van der Waals surface area contributed by atoms with Gasteiger partial charge in [0.15, 0.2) is 0 Å². The molecule has 2 aromatic rings. The molecule has 1 amide bonds. The molecule has 0 aromatic heterocycles. The number of carbonyl (C=O) groups excluding carboxylic acids is 1. The van der Waals surface area contributed by atoms with E-state index in [9.17, 15) is 13.2 Å². The summed E-state index contributed by atoms with van der Waals surface area (Å²) in [7, 11) is -2.43. The Morgan fingerprint density at radius 3 is 2.41 bits per heavy atom. The molecule has 6 nitrogen and oxygen atoms in total. The third kappa shape index (κ3) is 6.08. The number of methoxy groups -OCH3 is 1. The third-order valence-corrected chi connectivity index (χ3v) is 5.72. The smallest absolute Gasteiger partial charge is 0.244 e. The van der Waals surface area contributed by atoms with Gasteiger partial charge in [-0.3, -0.25) is 4.79 Å². The highest BCUT2D eigenvalue weighted by Gasteiger charge is 2.21. The average molecular weight is 391 g/mol. The van der Waals surface area contributed by atoms with E-state index < -0.39 is 10.0 Å². The average Bonchev–Trinajstić information content (AvgIpc) is 2.66. The second-order valence-electron chi connectivity index (χ2n) is 6.35. The quantitative estimate of drug-likeness (QED) is 0.644. The molecule has 146 valence electrons. The van der Waals surface area contributed by atoms with Crippen molar-refractivity contribution in [2.45, 2.75) is 31.6 Å². The summed E-state index contributed by atoms with van der Waals surface area (Å²) in [5, 5.41) is 2.73. The zero-order valence-corrected chi connectivity index (χ0v) is 16.7. The van der Waals surface area contributed by atoms with Crippen LogP contribution in [-0.2, 0) is 21.2 Å². The van der Waals surface area contributed by atoms with Gasteiger partial charge in [-0.15, -0.1) is 0 Å². The number of benzene rings is 2. The van der Waals surface area contributed by atoms with E-state index in [1.54, 1.807) is 12.1 Å². The molecule has 0 aliphatic carbocycles. The van der Waals surface area contributed by atoms with E-state index in [0.717, 1.165) is 24.0 Å². The first-order valence-electron chi connectivity index (χ1n) is 8.79. The molecule has 0 saturated heterocycles. The summed E-state index contributed by atoms with van der Waals surface area (Å²) in [6.45, 7) is 3.88. The number of rotatable bonds is 9. The lowest BCUT2D eigenvalue weighted by atomic mass is 10.1. The molecular formula is C20H26N2O4S. The number of hydrogen-bond donors (Lipinski definition) is 2. The van der Waals surface area contributed by atoms with Crippen molar-refractivity contribution >= 4 is 15.9 Å². The van der Waals surface area contributed by atoms with Crippen LogP contribution in [0.2, 0.25) is 0 Å². The number of nitrogens with one attached hydrogen (secondary N) is 2. The van der Waals surface area contributed by atoms with Gasteiger partial charge in [-0.05, 0) is 55.5 Å². The molecule has 2 aromatic carbocycles. The lowest BCUT2D eigenvalue weighted by Crippen LogP contribution is -2.37. The van der Waals surface area contributed by atoms with Crippen molar-refractivity contribution in [3.05, 3.63) is 59.2 Å². The predicted octanol–water partition coefficient (Wildman–Crippen LogP) is 2.34. The van der Waals surface area contributed by atoms with E-state index in [1.165, 1.54) is 12.7 Å². The Balaban J connectivity index is 1.86. The van der Waals surface area contributed by atoms with Gasteiger partial charge >= 0.3 is 0 Å². The molecule has 0 fully saturated rings. The summed E-state index contributed by atoms with van der Waals surface area (Å²) in [5.74, 6) is -0.108. The van der Waals surface area contributed by atoms with Crippen LogP contribution in [0, 0.1) is 13.8 Å². The molecule has 0 aliphatic rings.